The molecule has 0 aliphatic heterocycles. The van der Waals surface area contributed by atoms with Gasteiger partial charge in [0.15, 0.2) is 116 Å². The summed E-state index contributed by atoms with van der Waals surface area (Å²) < 4.78 is 124. The molecule has 0 saturated carbocycles. The Morgan fingerprint density at radius 2 is 0.397 bits per heavy atom. The average molecular weight is 1740 g/mol. The van der Waals surface area contributed by atoms with Crippen molar-refractivity contribution in [3.8, 4) is 0 Å². The van der Waals surface area contributed by atoms with Crippen molar-refractivity contribution in [3.63, 3.8) is 0 Å². The summed E-state index contributed by atoms with van der Waals surface area (Å²) in [7, 11) is 0. The number of ether oxygens (including phenoxy) is 25. The molecule has 0 aromatic carbocycles. The molecule has 0 fully saturated rings. The van der Waals surface area contributed by atoms with Gasteiger partial charge in [0.05, 0.1) is 45.6 Å². The fraction of sp³-hybridized carbons (Fsp3) is 0.613. The average Bonchev–Trinajstić information content (AvgIpc) is 0.895. The lowest BCUT2D eigenvalue weighted by Gasteiger charge is -2.21. The standard InChI is InChI=1S/C75H102O46/c1-22-97-28-24-25-29-98-30-33-101-36(3)59(80)107-40(7)63(84)111-44(11)67(88)115-48(15)71(92)119-52(19)73(94)117-49(16)69(90)113-45(12)65(86)109-41(8)61(82)105-37(4)57(78)102-34-31-99-32-35-103-58(79)38(5)106-62(83)42(9)110-66(87)46(13)114-70(91)50(17)118-74(95)53(20)121-75(96)54(21)120-72(93)51(18)116-68(89)47(14)112-64(85)43(10)108-60(81)39(6)104-56(77)27-26-55(76)100-23-2/h22-27,36-54H,1-2,28-35H2,3-21H3/b25-24-,27-26-. The number of rotatable bonds is 55. The minimum Gasteiger partial charge on any atom is -0.498 e. The van der Waals surface area contributed by atoms with Gasteiger partial charge in [0.25, 0.3) is 0 Å². The van der Waals surface area contributed by atoms with E-state index in [0.29, 0.717) is 18.8 Å². The van der Waals surface area contributed by atoms with E-state index < -0.39 is 255 Å². The molecular formula is C75H102O46. The number of esters is 21. The first-order chi connectivity index (χ1) is 56.5. The predicted octanol–water partition coefficient (Wildman–Crippen LogP) is 0.241. The monoisotopic (exact) mass is 1740 g/mol. The fourth-order valence-corrected chi connectivity index (χ4v) is 7.43. The highest BCUT2D eigenvalue weighted by molar-refractivity contribution is 5.94. The van der Waals surface area contributed by atoms with Crippen LogP contribution in [-0.4, -0.2) is 294 Å². The van der Waals surface area contributed by atoms with Crippen molar-refractivity contribution in [1.29, 1.82) is 0 Å². The largest absolute Gasteiger partial charge is 0.498 e. The summed E-state index contributed by atoms with van der Waals surface area (Å²) in [5, 5.41) is 0. The summed E-state index contributed by atoms with van der Waals surface area (Å²) in [6, 6.07) is 0. The second kappa shape index (κ2) is 56.8. The Hall–Kier alpha value is -12.5. The molecular weight excluding hydrogens is 1640 g/mol. The van der Waals surface area contributed by atoms with Crippen molar-refractivity contribution in [1.82, 2.24) is 0 Å². The van der Waals surface area contributed by atoms with Gasteiger partial charge in [0.1, 0.15) is 19.8 Å². The molecule has 46 heteroatoms. The molecule has 121 heavy (non-hydrogen) atoms. The van der Waals surface area contributed by atoms with E-state index in [1.807, 2.05) is 0 Å². The van der Waals surface area contributed by atoms with Crippen LogP contribution >= 0.6 is 0 Å². The summed E-state index contributed by atoms with van der Waals surface area (Å²) >= 11 is 0. The first-order valence-electron chi connectivity index (χ1n) is 36.7. The van der Waals surface area contributed by atoms with Gasteiger partial charge in [-0.2, -0.15) is 0 Å². The highest BCUT2D eigenvalue weighted by atomic mass is 16.7. The molecule has 0 bridgehead atoms. The third-order valence-corrected chi connectivity index (χ3v) is 14.4. The SMILES string of the molecule is C=COC/C=C\COCCOC(C)C(=O)OC(C)C(=O)OC(C)C(=O)OC(C)C(=O)OC(C)C(=O)OC(C)C(=O)OC(C)C(=O)OC(C)C(=O)OC(C)C(=O)OCCOCCOC(=O)C(C)OC(=O)C(C)OC(=O)C(C)OC(=O)C(C)OC(=O)C(C)OC(=O)C(C)OC(=O)C(C)OC(=O)C(C)OC(=O)C(C)OC(=O)C(C)OC(=O)/C=C\C(=O)OC=C. The molecule has 0 aliphatic rings. The van der Waals surface area contributed by atoms with Crippen molar-refractivity contribution in [3.05, 3.63) is 50.0 Å². The van der Waals surface area contributed by atoms with Gasteiger partial charge in [-0.25, -0.2) is 101 Å². The van der Waals surface area contributed by atoms with E-state index in [1.165, 1.54) is 20.1 Å². The molecule has 0 saturated heterocycles. The molecule has 0 aromatic heterocycles. The summed E-state index contributed by atoms with van der Waals surface area (Å²) in [6.07, 6.45) is -24.7. The van der Waals surface area contributed by atoms with Crippen LogP contribution in [0.1, 0.15) is 132 Å². The molecule has 19 atom stereocenters. The minimum absolute atomic E-state index is 0.00905. The van der Waals surface area contributed by atoms with Crippen molar-refractivity contribution < 1.29 is 219 Å². The van der Waals surface area contributed by atoms with E-state index in [2.05, 4.69) is 17.9 Å². The Kier molecular flexibility index (Phi) is 51.0. The maximum atomic E-state index is 12.7. The summed E-state index contributed by atoms with van der Waals surface area (Å²) in [5.41, 5.74) is 0. The molecule has 0 N–H and O–H groups in total. The van der Waals surface area contributed by atoms with Crippen LogP contribution in [0.15, 0.2) is 50.0 Å². The second-order valence-corrected chi connectivity index (χ2v) is 24.9. The molecule has 19 unspecified atom stereocenters. The van der Waals surface area contributed by atoms with E-state index in [1.54, 1.807) is 12.2 Å². The van der Waals surface area contributed by atoms with Gasteiger partial charge in [0.2, 0.25) is 0 Å². The van der Waals surface area contributed by atoms with E-state index in [0.717, 1.165) is 124 Å². The first kappa shape index (κ1) is 109. The van der Waals surface area contributed by atoms with Crippen LogP contribution < -0.4 is 0 Å². The van der Waals surface area contributed by atoms with E-state index in [-0.39, 0.29) is 33.0 Å². The number of carbonyl (C=O) groups is 21. The van der Waals surface area contributed by atoms with Crippen LogP contribution in [0.25, 0.3) is 0 Å². The van der Waals surface area contributed by atoms with Crippen LogP contribution in [0, 0.1) is 0 Å². The Morgan fingerprint density at radius 3 is 0.620 bits per heavy atom. The third kappa shape index (κ3) is 44.2. The topological polar surface area (TPSA) is 589 Å². The van der Waals surface area contributed by atoms with Crippen LogP contribution in [0.3, 0.4) is 0 Å². The number of hydrogen-bond donors (Lipinski definition) is 0. The van der Waals surface area contributed by atoms with Gasteiger partial charge < -0.3 is 118 Å². The van der Waals surface area contributed by atoms with Crippen molar-refractivity contribution in [2.45, 2.75) is 248 Å². The van der Waals surface area contributed by atoms with E-state index in [9.17, 15) is 101 Å². The lowest BCUT2D eigenvalue weighted by Crippen LogP contribution is -2.40. The van der Waals surface area contributed by atoms with Crippen LogP contribution in [0.5, 0.6) is 0 Å². The quantitative estimate of drug-likeness (QED) is 0.0196. The van der Waals surface area contributed by atoms with Gasteiger partial charge in [0, 0.05) is 12.2 Å². The number of carbonyl (C=O) groups excluding carboxylic acids is 21. The Balaban J connectivity index is 4.78. The molecule has 0 heterocycles. The lowest BCUT2D eigenvalue weighted by molar-refractivity contribution is -0.190. The number of hydrogen-bond acceptors (Lipinski definition) is 46. The second-order valence-electron chi connectivity index (χ2n) is 24.9. The maximum absolute atomic E-state index is 12.7. The normalized spacial score (nSPS) is 15.7. The zero-order valence-corrected chi connectivity index (χ0v) is 69.8. The zero-order valence-electron chi connectivity index (χ0n) is 69.8. The van der Waals surface area contributed by atoms with Gasteiger partial charge in [-0.15, -0.1) is 0 Å². The maximum Gasteiger partial charge on any atom is 0.348 e. The molecule has 0 spiro atoms. The van der Waals surface area contributed by atoms with Gasteiger partial charge in [-0.05, 0) is 138 Å². The van der Waals surface area contributed by atoms with Crippen molar-refractivity contribution in [2.24, 2.45) is 0 Å². The van der Waals surface area contributed by atoms with Crippen LogP contribution in [0.2, 0.25) is 0 Å². The predicted molar refractivity (Wildman–Crippen MR) is 390 cm³/mol. The lowest BCUT2D eigenvalue weighted by atomic mass is 10.3. The van der Waals surface area contributed by atoms with Gasteiger partial charge in [-0.3, -0.25) is 0 Å². The first-order valence-corrected chi connectivity index (χ1v) is 36.7. The summed E-state index contributed by atoms with van der Waals surface area (Å²) in [4.78, 5) is 263. The molecule has 46 nitrogen and oxygen atoms in total. The van der Waals surface area contributed by atoms with Crippen molar-refractivity contribution >= 4 is 125 Å². The van der Waals surface area contributed by atoms with Crippen LogP contribution in [-0.2, 0) is 219 Å². The zero-order chi connectivity index (χ0) is 92.7. The van der Waals surface area contributed by atoms with Gasteiger partial charge >= 0.3 is 125 Å². The third-order valence-electron chi connectivity index (χ3n) is 14.4. The molecule has 0 radical (unpaired) electrons. The smallest absolute Gasteiger partial charge is 0.348 e. The van der Waals surface area contributed by atoms with Gasteiger partial charge in [-0.1, -0.05) is 19.2 Å². The molecule has 678 valence electrons. The van der Waals surface area contributed by atoms with Crippen molar-refractivity contribution in [2.75, 3.05) is 52.9 Å². The highest BCUT2D eigenvalue weighted by Crippen LogP contribution is 2.16. The molecule has 0 amide bonds. The highest BCUT2D eigenvalue weighted by Gasteiger charge is 2.38. The molecule has 0 aliphatic carbocycles. The molecule has 0 rings (SSSR count). The van der Waals surface area contributed by atoms with Crippen LogP contribution in [0.4, 0.5) is 0 Å². The fourth-order valence-electron chi connectivity index (χ4n) is 7.43. The Labute approximate surface area is 692 Å². The van der Waals surface area contributed by atoms with E-state index in [4.69, 9.17) is 114 Å². The Bertz CT molecular complexity index is 3670. The summed E-state index contributed by atoms with van der Waals surface area (Å²) in [5.74, 6) is -25.9. The molecule has 0 aromatic rings. The minimum atomic E-state index is -1.78. The Morgan fingerprint density at radius 1 is 0.207 bits per heavy atom. The summed E-state index contributed by atoms with van der Waals surface area (Å²) in [6.45, 7) is 26.1. The van der Waals surface area contributed by atoms with E-state index >= 15 is 0 Å².